The summed E-state index contributed by atoms with van der Waals surface area (Å²) in [6, 6.07) is 0. The SMILES string of the molecule is CCCCCCCCCCCCCCCCCCCCCCCCC(=O)OC(CO)COP(=O)(O)OCC(CO)OC(=O)CC. The average molecular weight is 667 g/mol. The van der Waals surface area contributed by atoms with E-state index >= 15 is 0 Å². The number of hydrogen-bond acceptors (Lipinski definition) is 9. The van der Waals surface area contributed by atoms with Gasteiger partial charge in [0.15, 0.2) is 0 Å². The van der Waals surface area contributed by atoms with Crippen LogP contribution in [-0.4, -0.2) is 65.7 Å². The van der Waals surface area contributed by atoms with Gasteiger partial charge in [0, 0.05) is 12.8 Å². The Kier molecular flexibility index (Phi) is 30.8. The maximum atomic E-state index is 12.1. The standard InChI is InChI=1S/C34H67O10P/c1-3-5-6-7-8-9-10-11-12-13-14-15-16-17-18-19-20-21-22-23-24-25-26-34(38)44-32(28-36)30-42-45(39,40)41-29-31(27-35)43-33(37)4-2/h31-32,35-36H,3-30H2,1-2H3,(H,39,40). The number of carbonyl (C=O) groups excluding carboxylic acids is 2. The van der Waals surface area contributed by atoms with E-state index in [1.54, 1.807) is 6.92 Å². The van der Waals surface area contributed by atoms with Crippen LogP contribution < -0.4 is 0 Å². The quantitative estimate of drug-likeness (QED) is 0.0348. The number of phosphoric acid groups is 1. The Bertz CT molecular complexity index is 736. The fourth-order valence-electron chi connectivity index (χ4n) is 5.03. The Morgan fingerprint density at radius 1 is 0.533 bits per heavy atom. The number of unbranched alkanes of at least 4 members (excludes halogenated alkanes) is 21. The Morgan fingerprint density at radius 3 is 1.16 bits per heavy atom. The van der Waals surface area contributed by atoms with Gasteiger partial charge in [0.05, 0.1) is 26.4 Å². The van der Waals surface area contributed by atoms with Crippen LogP contribution in [0.4, 0.5) is 0 Å². The molecule has 3 unspecified atom stereocenters. The second-order valence-electron chi connectivity index (χ2n) is 12.2. The fourth-order valence-corrected chi connectivity index (χ4v) is 5.82. The van der Waals surface area contributed by atoms with E-state index in [2.05, 4.69) is 6.92 Å². The monoisotopic (exact) mass is 666 g/mol. The molecular weight excluding hydrogens is 599 g/mol. The van der Waals surface area contributed by atoms with Crippen molar-refractivity contribution in [1.82, 2.24) is 0 Å². The minimum atomic E-state index is -4.59. The van der Waals surface area contributed by atoms with Crippen LogP contribution in [0.15, 0.2) is 0 Å². The summed E-state index contributed by atoms with van der Waals surface area (Å²) in [6.07, 6.45) is 26.5. The molecule has 0 saturated carbocycles. The number of carbonyl (C=O) groups is 2. The highest BCUT2D eigenvalue weighted by Gasteiger charge is 2.27. The van der Waals surface area contributed by atoms with E-state index in [0.29, 0.717) is 6.42 Å². The number of rotatable bonds is 34. The Labute approximate surface area is 273 Å². The van der Waals surface area contributed by atoms with Crippen LogP contribution in [0.1, 0.15) is 168 Å². The largest absolute Gasteiger partial charge is 0.472 e. The van der Waals surface area contributed by atoms with Crippen molar-refractivity contribution in [3.63, 3.8) is 0 Å². The highest BCUT2D eigenvalue weighted by molar-refractivity contribution is 7.47. The normalized spacial score (nSPS) is 14.2. The number of aliphatic hydroxyl groups excluding tert-OH is 2. The smallest absolute Gasteiger partial charge is 0.457 e. The van der Waals surface area contributed by atoms with Crippen molar-refractivity contribution < 1.29 is 47.8 Å². The topological polar surface area (TPSA) is 149 Å². The van der Waals surface area contributed by atoms with E-state index in [4.69, 9.17) is 18.5 Å². The van der Waals surface area contributed by atoms with Crippen LogP contribution in [0, 0.1) is 0 Å². The lowest BCUT2D eigenvalue weighted by atomic mass is 10.0. The zero-order valence-corrected chi connectivity index (χ0v) is 29.5. The van der Waals surface area contributed by atoms with Gasteiger partial charge in [-0.15, -0.1) is 0 Å². The molecule has 0 aliphatic rings. The van der Waals surface area contributed by atoms with Crippen molar-refractivity contribution >= 4 is 19.8 Å². The predicted molar refractivity (Wildman–Crippen MR) is 178 cm³/mol. The van der Waals surface area contributed by atoms with E-state index in [9.17, 15) is 29.3 Å². The summed E-state index contributed by atoms with van der Waals surface area (Å²) in [5.74, 6) is -1.10. The van der Waals surface area contributed by atoms with Crippen molar-refractivity contribution in [2.45, 2.75) is 180 Å². The second-order valence-corrected chi connectivity index (χ2v) is 13.6. The molecule has 0 saturated heterocycles. The maximum absolute atomic E-state index is 12.1. The van der Waals surface area contributed by atoms with Crippen molar-refractivity contribution in [2.75, 3.05) is 26.4 Å². The van der Waals surface area contributed by atoms with E-state index < -0.39 is 58.4 Å². The molecule has 0 fully saturated rings. The number of esters is 2. The van der Waals surface area contributed by atoms with Gasteiger partial charge in [-0.05, 0) is 6.42 Å². The molecule has 0 amide bonds. The third-order valence-electron chi connectivity index (χ3n) is 7.87. The number of hydrogen-bond donors (Lipinski definition) is 3. The summed E-state index contributed by atoms with van der Waals surface area (Å²) in [5.41, 5.74) is 0. The third kappa shape index (κ3) is 30.1. The van der Waals surface area contributed by atoms with Gasteiger partial charge in [0.2, 0.25) is 0 Å². The lowest BCUT2D eigenvalue weighted by molar-refractivity contribution is -0.153. The fraction of sp³-hybridized carbons (Fsp3) is 0.941. The Balaban J connectivity index is 3.63. The van der Waals surface area contributed by atoms with Crippen LogP contribution in [0.5, 0.6) is 0 Å². The molecule has 3 N–H and O–H groups in total. The zero-order chi connectivity index (χ0) is 33.4. The van der Waals surface area contributed by atoms with Crippen LogP contribution in [0.3, 0.4) is 0 Å². The molecule has 0 radical (unpaired) electrons. The molecule has 0 aromatic heterocycles. The molecule has 10 nitrogen and oxygen atoms in total. The Hall–Kier alpha value is -1.03. The van der Waals surface area contributed by atoms with Crippen LogP contribution >= 0.6 is 7.82 Å². The van der Waals surface area contributed by atoms with Crippen molar-refractivity contribution in [3.05, 3.63) is 0 Å². The van der Waals surface area contributed by atoms with Gasteiger partial charge in [-0.25, -0.2) is 4.57 Å². The molecule has 0 aliphatic carbocycles. The summed E-state index contributed by atoms with van der Waals surface area (Å²) in [4.78, 5) is 33.2. The van der Waals surface area contributed by atoms with Crippen LogP contribution in [0.2, 0.25) is 0 Å². The molecule has 0 spiro atoms. The van der Waals surface area contributed by atoms with Gasteiger partial charge in [0.1, 0.15) is 12.2 Å². The first-order valence-corrected chi connectivity index (χ1v) is 19.5. The molecule has 0 aromatic carbocycles. The molecule has 268 valence electrons. The highest BCUT2D eigenvalue weighted by Crippen LogP contribution is 2.43. The lowest BCUT2D eigenvalue weighted by Gasteiger charge is -2.20. The predicted octanol–water partition coefficient (Wildman–Crippen LogP) is 8.33. The molecule has 0 rings (SSSR count). The average Bonchev–Trinajstić information content (AvgIpc) is 3.03. The van der Waals surface area contributed by atoms with Crippen LogP contribution in [0.25, 0.3) is 0 Å². The molecule has 0 aliphatic heterocycles. The summed E-state index contributed by atoms with van der Waals surface area (Å²) in [5, 5.41) is 18.6. The number of ether oxygens (including phenoxy) is 2. The summed E-state index contributed by atoms with van der Waals surface area (Å²) in [6.45, 7) is 1.56. The van der Waals surface area contributed by atoms with Gasteiger partial charge < -0.3 is 24.6 Å². The summed E-state index contributed by atoms with van der Waals surface area (Å²) >= 11 is 0. The highest BCUT2D eigenvalue weighted by atomic mass is 31.2. The molecule has 0 heterocycles. The zero-order valence-electron chi connectivity index (χ0n) is 28.6. The van der Waals surface area contributed by atoms with Gasteiger partial charge in [-0.1, -0.05) is 149 Å². The summed E-state index contributed by atoms with van der Waals surface area (Å²) < 4.78 is 31.6. The van der Waals surface area contributed by atoms with Crippen molar-refractivity contribution in [3.8, 4) is 0 Å². The van der Waals surface area contributed by atoms with E-state index in [-0.39, 0.29) is 12.8 Å². The first-order valence-electron chi connectivity index (χ1n) is 18.0. The first-order chi connectivity index (χ1) is 21.8. The Morgan fingerprint density at radius 2 is 0.844 bits per heavy atom. The molecule has 0 aromatic rings. The van der Waals surface area contributed by atoms with Crippen molar-refractivity contribution in [1.29, 1.82) is 0 Å². The maximum Gasteiger partial charge on any atom is 0.472 e. The van der Waals surface area contributed by atoms with E-state index in [1.165, 1.54) is 116 Å². The van der Waals surface area contributed by atoms with Gasteiger partial charge in [0.25, 0.3) is 0 Å². The molecule has 3 atom stereocenters. The minimum Gasteiger partial charge on any atom is -0.457 e. The molecular formula is C34H67O10P. The molecule has 45 heavy (non-hydrogen) atoms. The minimum absolute atomic E-state index is 0.0763. The van der Waals surface area contributed by atoms with Crippen LogP contribution in [-0.2, 0) is 32.7 Å². The molecule has 11 heteroatoms. The third-order valence-corrected chi connectivity index (χ3v) is 8.82. The molecule has 0 bridgehead atoms. The van der Waals surface area contributed by atoms with Crippen molar-refractivity contribution in [2.24, 2.45) is 0 Å². The second kappa shape index (κ2) is 31.6. The van der Waals surface area contributed by atoms with E-state index in [0.717, 1.165) is 19.3 Å². The van der Waals surface area contributed by atoms with Gasteiger partial charge >= 0.3 is 19.8 Å². The van der Waals surface area contributed by atoms with Gasteiger partial charge in [-0.2, -0.15) is 0 Å². The van der Waals surface area contributed by atoms with E-state index in [1.807, 2.05) is 0 Å². The lowest BCUT2D eigenvalue weighted by Crippen LogP contribution is -2.28. The number of aliphatic hydroxyl groups is 2. The summed E-state index contributed by atoms with van der Waals surface area (Å²) in [7, 11) is -4.59. The number of phosphoric ester groups is 1. The van der Waals surface area contributed by atoms with Gasteiger partial charge in [-0.3, -0.25) is 18.6 Å². The first kappa shape index (κ1) is 44.0.